The molecular formula is C17H21ClN2O4S. The van der Waals surface area contributed by atoms with E-state index < -0.39 is 11.2 Å². The summed E-state index contributed by atoms with van der Waals surface area (Å²) in [5.41, 5.74) is 0.649. The monoisotopic (exact) mass is 384 g/mol. The maximum atomic E-state index is 12.6. The molecule has 2 N–H and O–H groups in total. The number of aliphatic carboxylic acids is 1. The molecule has 1 unspecified atom stereocenters. The molecule has 0 aromatic heterocycles. The van der Waals surface area contributed by atoms with Crippen molar-refractivity contribution >= 4 is 46.8 Å². The number of carboxylic acid groups (broad SMARTS) is 1. The van der Waals surface area contributed by atoms with Crippen LogP contribution in [0.2, 0.25) is 5.02 Å². The summed E-state index contributed by atoms with van der Waals surface area (Å²) in [5, 5.41) is 11.6. The molecule has 1 aliphatic rings. The van der Waals surface area contributed by atoms with Crippen molar-refractivity contribution in [2.45, 2.75) is 36.8 Å². The Bertz CT molecular complexity index is 681. The van der Waals surface area contributed by atoms with Gasteiger partial charge in [0.25, 0.3) is 0 Å². The summed E-state index contributed by atoms with van der Waals surface area (Å²) >= 11 is 7.25. The summed E-state index contributed by atoms with van der Waals surface area (Å²) < 4.78 is 0. The summed E-state index contributed by atoms with van der Waals surface area (Å²) in [5.74, 6) is -1.18. The predicted octanol–water partition coefficient (Wildman–Crippen LogP) is 3.10. The second kappa shape index (κ2) is 8.58. The molecule has 0 radical (unpaired) electrons. The summed E-state index contributed by atoms with van der Waals surface area (Å²) in [7, 11) is 0. The Morgan fingerprint density at radius 2 is 2.12 bits per heavy atom. The molecule has 0 aliphatic carbocycles. The van der Waals surface area contributed by atoms with Crippen LogP contribution in [0, 0.1) is 5.92 Å². The van der Waals surface area contributed by atoms with Gasteiger partial charge < -0.3 is 15.3 Å². The second-order valence-corrected chi connectivity index (χ2v) is 8.00. The van der Waals surface area contributed by atoms with E-state index in [-0.39, 0.29) is 37.1 Å². The molecule has 0 saturated heterocycles. The maximum Gasteiger partial charge on any atom is 0.305 e. The molecule has 1 aliphatic heterocycles. The number of benzene rings is 1. The topological polar surface area (TPSA) is 86.7 Å². The third-order valence-electron chi connectivity index (χ3n) is 3.65. The minimum atomic E-state index is -0.947. The fraction of sp³-hybridized carbons (Fsp3) is 0.471. The summed E-state index contributed by atoms with van der Waals surface area (Å²) in [6, 6.07) is 5.23. The maximum absolute atomic E-state index is 12.6. The lowest BCUT2D eigenvalue weighted by Crippen LogP contribution is -2.40. The van der Waals surface area contributed by atoms with Gasteiger partial charge in [0.1, 0.15) is 0 Å². The molecule has 0 bridgehead atoms. The summed E-state index contributed by atoms with van der Waals surface area (Å²) in [6.07, 6.45) is -0.0747. The molecule has 2 amide bonds. The van der Waals surface area contributed by atoms with Crippen LogP contribution in [0.15, 0.2) is 23.1 Å². The highest BCUT2D eigenvalue weighted by Gasteiger charge is 2.31. The van der Waals surface area contributed by atoms with E-state index in [2.05, 4.69) is 5.32 Å². The minimum Gasteiger partial charge on any atom is -0.481 e. The lowest BCUT2D eigenvalue weighted by molar-refractivity contribution is -0.139. The number of fused-ring (bicyclic) bond motifs is 1. The van der Waals surface area contributed by atoms with Crippen molar-refractivity contribution in [1.29, 1.82) is 0 Å². The Morgan fingerprint density at radius 3 is 2.76 bits per heavy atom. The molecule has 136 valence electrons. The smallest absolute Gasteiger partial charge is 0.305 e. The minimum absolute atomic E-state index is 0.0326. The van der Waals surface area contributed by atoms with Crippen LogP contribution in [-0.2, 0) is 14.4 Å². The lowest BCUT2D eigenvalue weighted by Gasteiger charge is -2.28. The zero-order valence-corrected chi connectivity index (χ0v) is 15.7. The molecule has 6 nitrogen and oxygen atoms in total. The van der Waals surface area contributed by atoms with Gasteiger partial charge in [-0.3, -0.25) is 14.4 Å². The standard InChI is InChI=1S/C17H21ClN2O4S/c1-10(2)9-20(6-5-16(22)23)15(21)8-14-17(24)19-12-7-11(18)3-4-13(12)25-14/h3-4,7,10,14H,5-6,8-9H2,1-2H3,(H,19,24)(H,22,23). The zero-order valence-electron chi connectivity index (χ0n) is 14.1. The van der Waals surface area contributed by atoms with E-state index in [9.17, 15) is 14.4 Å². The van der Waals surface area contributed by atoms with Crippen LogP contribution in [0.5, 0.6) is 0 Å². The largest absolute Gasteiger partial charge is 0.481 e. The van der Waals surface area contributed by atoms with Crippen molar-refractivity contribution in [3.05, 3.63) is 23.2 Å². The highest BCUT2D eigenvalue weighted by atomic mass is 35.5. The number of hydrogen-bond donors (Lipinski definition) is 2. The van der Waals surface area contributed by atoms with Gasteiger partial charge in [-0.2, -0.15) is 0 Å². The quantitative estimate of drug-likeness (QED) is 0.754. The van der Waals surface area contributed by atoms with Crippen molar-refractivity contribution in [1.82, 2.24) is 4.90 Å². The SMILES string of the molecule is CC(C)CN(CCC(=O)O)C(=O)CC1Sc2ccc(Cl)cc2NC1=O. The Hall–Kier alpha value is -1.73. The van der Waals surface area contributed by atoms with Gasteiger partial charge in [-0.15, -0.1) is 11.8 Å². The molecule has 1 heterocycles. The first kappa shape index (κ1) is 19.6. The van der Waals surface area contributed by atoms with Crippen LogP contribution >= 0.6 is 23.4 Å². The first-order valence-electron chi connectivity index (χ1n) is 8.03. The van der Waals surface area contributed by atoms with E-state index in [1.54, 1.807) is 12.1 Å². The predicted molar refractivity (Wildman–Crippen MR) is 98.0 cm³/mol. The average molecular weight is 385 g/mol. The van der Waals surface area contributed by atoms with Crippen LogP contribution < -0.4 is 5.32 Å². The van der Waals surface area contributed by atoms with Gasteiger partial charge in [-0.25, -0.2) is 0 Å². The van der Waals surface area contributed by atoms with Crippen LogP contribution in [0.25, 0.3) is 0 Å². The molecule has 0 saturated carbocycles. The molecule has 1 aromatic carbocycles. The number of anilines is 1. The zero-order chi connectivity index (χ0) is 18.6. The van der Waals surface area contributed by atoms with E-state index in [0.717, 1.165) is 4.90 Å². The molecule has 0 fully saturated rings. The number of thioether (sulfide) groups is 1. The number of halogens is 1. The fourth-order valence-corrected chi connectivity index (χ4v) is 3.79. The van der Waals surface area contributed by atoms with E-state index in [1.165, 1.54) is 16.7 Å². The molecule has 2 rings (SSSR count). The molecular weight excluding hydrogens is 364 g/mol. The molecule has 0 spiro atoms. The Morgan fingerprint density at radius 1 is 1.40 bits per heavy atom. The van der Waals surface area contributed by atoms with Crippen molar-refractivity contribution in [2.75, 3.05) is 18.4 Å². The van der Waals surface area contributed by atoms with Crippen LogP contribution in [0.1, 0.15) is 26.7 Å². The normalized spacial score (nSPS) is 16.3. The summed E-state index contributed by atoms with van der Waals surface area (Å²) in [4.78, 5) is 38.1. The number of carbonyl (C=O) groups is 3. The highest BCUT2D eigenvalue weighted by Crippen LogP contribution is 2.38. The Labute approximate surface area is 155 Å². The van der Waals surface area contributed by atoms with E-state index in [1.807, 2.05) is 19.9 Å². The number of nitrogens with zero attached hydrogens (tertiary/aromatic N) is 1. The van der Waals surface area contributed by atoms with Crippen LogP contribution in [0.4, 0.5) is 5.69 Å². The van der Waals surface area contributed by atoms with Gasteiger partial charge in [-0.1, -0.05) is 25.4 Å². The molecule has 1 atom stereocenters. The van der Waals surface area contributed by atoms with E-state index >= 15 is 0 Å². The van der Waals surface area contributed by atoms with E-state index in [0.29, 0.717) is 17.3 Å². The van der Waals surface area contributed by atoms with Crippen LogP contribution in [-0.4, -0.2) is 46.1 Å². The molecule has 25 heavy (non-hydrogen) atoms. The first-order chi connectivity index (χ1) is 11.8. The first-order valence-corrected chi connectivity index (χ1v) is 9.28. The number of carbonyl (C=O) groups excluding carboxylic acids is 2. The molecule has 1 aromatic rings. The number of rotatable bonds is 7. The highest BCUT2D eigenvalue weighted by molar-refractivity contribution is 8.01. The Kier molecular flexibility index (Phi) is 6.72. The van der Waals surface area contributed by atoms with Crippen molar-refractivity contribution in [3.8, 4) is 0 Å². The van der Waals surface area contributed by atoms with Gasteiger partial charge in [0, 0.05) is 29.4 Å². The van der Waals surface area contributed by atoms with Gasteiger partial charge in [0.05, 0.1) is 17.4 Å². The second-order valence-electron chi connectivity index (χ2n) is 6.32. The van der Waals surface area contributed by atoms with Crippen molar-refractivity contribution in [2.24, 2.45) is 5.92 Å². The van der Waals surface area contributed by atoms with Gasteiger partial charge in [-0.05, 0) is 24.1 Å². The third-order valence-corrected chi connectivity index (χ3v) is 5.17. The number of nitrogens with one attached hydrogen (secondary N) is 1. The average Bonchev–Trinajstić information content (AvgIpc) is 2.51. The number of hydrogen-bond acceptors (Lipinski definition) is 4. The van der Waals surface area contributed by atoms with E-state index in [4.69, 9.17) is 16.7 Å². The number of amides is 2. The molecule has 8 heteroatoms. The van der Waals surface area contributed by atoms with Gasteiger partial charge in [0.2, 0.25) is 11.8 Å². The van der Waals surface area contributed by atoms with Crippen molar-refractivity contribution < 1.29 is 19.5 Å². The third kappa shape index (κ3) is 5.64. The van der Waals surface area contributed by atoms with Crippen molar-refractivity contribution in [3.63, 3.8) is 0 Å². The lowest BCUT2D eigenvalue weighted by atomic mass is 10.1. The summed E-state index contributed by atoms with van der Waals surface area (Å²) in [6.45, 7) is 4.54. The number of carboxylic acids is 1. The Balaban J connectivity index is 2.05. The van der Waals surface area contributed by atoms with Crippen LogP contribution in [0.3, 0.4) is 0 Å². The van der Waals surface area contributed by atoms with Gasteiger partial charge in [0.15, 0.2) is 0 Å². The van der Waals surface area contributed by atoms with Gasteiger partial charge >= 0.3 is 5.97 Å². The fourth-order valence-electron chi connectivity index (χ4n) is 2.53.